The summed E-state index contributed by atoms with van der Waals surface area (Å²) in [6.45, 7) is 0.399. The molecule has 140 valence electrons. The van der Waals surface area contributed by atoms with Crippen molar-refractivity contribution >= 4 is 11.6 Å². The van der Waals surface area contributed by atoms with E-state index in [-0.39, 0.29) is 17.7 Å². The molecule has 0 aromatic heterocycles. The van der Waals surface area contributed by atoms with Crippen molar-refractivity contribution in [3.8, 4) is 11.1 Å². The van der Waals surface area contributed by atoms with Crippen molar-refractivity contribution in [2.24, 2.45) is 10.7 Å². The Balaban J connectivity index is 1.60. The van der Waals surface area contributed by atoms with E-state index in [1.807, 2.05) is 29.2 Å². The average Bonchev–Trinajstić information content (AvgIpc) is 3.01. The van der Waals surface area contributed by atoms with Crippen molar-refractivity contribution in [1.29, 1.82) is 0 Å². The number of guanidine groups is 1. The van der Waals surface area contributed by atoms with Crippen LogP contribution in [0.25, 0.3) is 11.1 Å². The first-order valence-electron chi connectivity index (χ1n) is 8.92. The molecule has 1 aliphatic heterocycles. The zero-order chi connectivity index (χ0) is 19.5. The minimum Gasteiger partial charge on any atom is -0.369 e. The molecule has 3 nitrogen and oxygen atoms in total. The highest BCUT2D eigenvalue weighted by atomic mass is 19.4. The molecule has 0 spiro atoms. The number of hydrogen-bond acceptors (Lipinski definition) is 3. The predicted molar refractivity (Wildman–Crippen MR) is 102 cm³/mol. The minimum absolute atomic E-state index is 0.119. The van der Waals surface area contributed by atoms with Crippen LogP contribution in [-0.4, -0.2) is 10.9 Å². The van der Waals surface area contributed by atoms with E-state index < -0.39 is 11.7 Å². The highest BCUT2D eigenvalue weighted by Crippen LogP contribution is 2.47. The van der Waals surface area contributed by atoms with E-state index in [4.69, 9.17) is 5.73 Å². The van der Waals surface area contributed by atoms with Gasteiger partial charge < -0.3 is 10.6 Å². The molecule has 6 heteroatoms. The van der Waals surface area contributed by atoms with E-state index >= 15 is 0 Å². The van der Waals surface area contributed by atoms with Crippen LogP contribution in [0.5, 0.6) is 0 Å². The summed E-state index contributed by atoms with van der Waals surface area (Å²) < 4.78 is 39.1. The Bertz CT molecular complexity index is 1070. The van der Waals surface area contributed by atoms with Gasteiger partial charge in [-0.25, -0.2) is 4.99 Å². The Morgan fingerprint density at radius 2 is 1.50 bits per heavy atom. The van der Waals surface area contributed by atoms with Gasteiger partial charge in [-0.3, -0.25) is 0 Å². The lowest BCUT2D eigenvalue weighted by Gasteiger charge is -2.34. The van der Waals surface area contributed by atoms with Crippen molar-refractivity contribution in [2.45, 2.75) is 18.8 Å². The Hall–Kier alpha value is -3.28. The molecule has 0 unspecified atom stereocenters. The first-order valence-corrected chi connectivity index (χ1v) is 8.92. The smallest absolute Gasteiger partial charge is 0.369 e. The van der Waals surface area contributed by atoms with Gasteiger partial charge in [0.25, 0.3) is 0 Å². The maximum absolute atomic E-state index is 13.0. The number of nitrogens with zero attached hydrogens (tertiary/aromatic N) is 2. The molecule has 3 aromatic rings. The van der Waals surface area contributed by atoms with Crippen LogP contribution in [0.2, 0.25) is 0 Å². The van der Waals surface area contributed by atoms with Gasteiger partial charge in [0, 0.05) is 6.54 Å². The van der Waals surface area contributed by atoms with Gasteiger partial charge in [0.2, 0.25) is 0 Å². The van der Waals surface area contributed by atoms with E-state index in [0.717, 1.165) is 39.9 Å². The zero-order valence-electron chi connectivity index (χ0n) is 14.7. The third-order valence-corrected chi connectivity index (χ3v) is 5.40. The van der Waals surface area contributed by atoms with Gasteiger partial charge in [0.05, 0.1) is 17.3 Å². The lowest BCUT2D eigenvalue weighted by atomic mass is 10.0. The molecule has 3 aromatic carbocycles. The summed E-state index contributed by atoms with van der Waals surface area (Å²) in [7, 11) is 0. The number of nitrogens with two attached hydrogens (primary N) is 1. The van der Waals surface area contributed by atoms with Crippen LogP contribution in [0, 0.1) is 0 Å². The monoisotopic (exact) mass is 379 g/mol. The normalized spacial score (nSPS) is 15.7. The first kappa shape index (κ1) is 16.9. The van der Waals surface area contributed by atoms with Crippen LogP contribution in [0.4, 0.5) is 18.9 Å². The van der Waals surface area contributed by atoms with Gasteiger partial charge in [0.15, 0.2) is 5.96 Å². The maximum atomic E-state index is 13.0. The second-order valence-electron chi connectivity index (χ2n) is 7.02. The topological polar surface area (TPSA) is 41.6 Å². The average molecular weight is 379 g/mol. The molecule has 0 amide bonds. The fraction of sp³-hybridized carbons (Fsp3) is 0.136. The largest absolute Gasteiger partial charge is 0.416 e. The van der Waals surface area contributed by atoms with E-state index in [9.17, 15) is 13.2 Å². The van der Waals surface area contributed by atoms with Crippen molar-refractivity contribution in [3.05, 3.63) is 89.0 Å². The molecular weight excluding hydrogens is 363 g/mol. The third kappa shape index (κ3) is 2.48. The van der Waals surface area contributed by atoms with Gasteiger partial charge in [-0.05, 0) is 39.9 Å². The van der Waals surface area contributed by atoms with Crippen molar-refractivity contribution in [2.75, 3.05) is 0 Å². The fourth-order valence-corrected chi connectivity index (χ4v) is 4.12. The SMILES string of the molecule is NC1=Nc2cc(C(F)(F)F)ccc2CN1C1c2ccccc2-c2ccccc21. The van der Waals surface area contributed by atoms with Crippen LogP contribution in [-0.2, 0) is 12.7 Å². The number of rotatable bonds is 1. The van der Waals surface area contributed by atoms with Crippen LogP contribution in [0.1, 0.15) is 28.3 Å². The van der Waals surface area contributed by atoms with Crippen LogP contribution < -0.4 is 5.73 Å². The summed E-state index contributed by atoms with van der Waals surface area (Å²) in [4.78, 5) is 6.27. The molecule has 2 N–H and O–H groups in total. The summed E-state index contributed by atoms with van der Waals surface area (Å²) in [6.07, 6.45) is -4.40. The first-order chi connectivity index (χ1) is 13.4. The molecule has 5 rings (SSSR count). The predicted octanol–water partition coefficient (Wildman–Crippen LogP) is 5.24. The standard InChI is InChI=1S/C22H16F3N3/c23-22(24,25)14-10-9-13-12-28(21(26)27-19(13)11-14)20-17-7-3-1-5-15(17)16-6-2-4-8-18(16)20/h1-11,20H,12H2,(H2,26,27). The summed E-state index contributed by atoms with van der Waals surface area (Å²) in [5.74, 6) is 0.225. The Labute approximate surface area is 159 Å². The van der Waals surface area contributed by atoms with E-state index in [1.165, 1.54) is 6.07 Å². The highest BCUT2D eigenvalue weighted by Gasteiger charge is 2.36. The minimum atomic E-state index is -4.40. The number of benzene rings is 3. The second kappa shape index (κ2) is 5.86. The second-order valence-corrected chi connectivity index (χ2v) is 7.02. The number of aliphatic imine (C=N–C) groups is 1. The van der Waals surface area contributed by atoms with Gasteiger partial charge in [-0.1, -0.05) is 54.6 Å². The number of hydrogen-bond donors (Lipinski definition) is 1. The summed E-state index contributed by atoms with van der Waals surface area (Å²) in [5, 5.41) is 0. The molecule has 28 heavy (non-hydrogen) atoms. The van der Waals surface area contributed by atoms with Crippen LogP contribution >= 0.6 is 0 Å². The van der Waals surface area contributed by atoms with Crippen molar-refractivity contribution in [1.82, 2.24) is 4.90 Å². The van der Waals surface area contributed by atoms with Crippen molar-refractivity contribution < 1.29 is 13.2 Å². The molecule has 1 heterocycles. The molecule has 2 aliphatic rings. The fourth-order valence-electron chi connectivity index (χ4n) is 4.12. The third-order valence-electron chi connectivity index (χ3n) is 5.40. The van der Waals surface area contributed by atoms with E-state index in [0.29, 0.717) is 6.54 Å². The number of halogens is 3. The van der Waals surface area contributed by atoms with Crippen LogP contribution in [0.3, 0.4) is 0 Å². The molecule has 0 saturated carbocycles. The van der Waals surface area contributed by atoms with Crippen LogP contribution in [0.15, 0.2) is 71.7 Å². The maximum Gasteiger partial charge on any atom is 0.416 e. The van der Waals surface area contributed by atoms with Gasteiger partial charge in [-0.15, -0.1) is 0 Å². The lowest BCUT2D eigenvalue weighted by Crippen LogP contribution is -2.41. The molecule has 0 bridgehead atoms. The van der Waals surface area contributed by atoms with Gasteiger partial charge in [-0.2, -0.15) is 13.2 Å². The molecule has 0 saturated heterocycles. The molecule has 0 radical (unpaired) electrons. The van der Waals surface area contributed by atoms with E-state index in [1.54, 1.807) is 0 Å². The van der Waals surface area contributed by atoms with Gasteiger partial charge in [0.1, 0.15) is 0 Å². The van der Waals surface area contributed by atoms with Gasteiger partial charge >= 0.3 is 6.18 Å². The Morgan fingerprint density at radius 3 is 2.11 bits per heavy atom. The Kier molecular flexibility index (Phi) is 3.53. The molecule has 1 aliphatic carbocycles. The number of alkyl halides is 3. The quantitative estimate of drug-likeness (QED) is 0.628. The number of fused-ring (bicyclic) bond motifs is 4. The lowest BCUT2D eigenvalue weighted by molar-refractivity contribution is -0.137. The molecular formula is C22H16F3N3. The highest BCUT2D eigenvalue weighted by molar-refractivity contribution is 5.87. The molecule has 0 atom stereocenters. The summed E-state index contributed by atoms with van der Waals surface area (Å²) in [5.41, 5.74) is 11.1. The summed E-state index contributed by atoms with van der Waals surface area (Å²) in [6, 6.07) is 19.8. The molecule has 0 fully saturated rings. The van der Waals surface area contributed by atoms with Crippen molar-refractivity contribution in [3.63, 3.8) is 0 Å². The summed E-state index contributed by atoms with van der Waals surface area (Å²) >= 11 is 0. The Morgan fingerprint density at radius 1 is 0.893 bits per heavy atom. The van der Waals surface area contributed by atoms with E-state index in [2.05, 4.69) is 29.3 Å². The zero-order valence-corrected chi connectivity index (χ0v) is 14.7.